The molecule has 0 saturated heterocycles. The highest BCUT2D eigenvalue weighted by atomic mass is 16.5. The Morgan fingerprint density at radius 3 is 2.55 bits per heavy atom. The highest BCUT2D eigenvalue weighted by Crippen LogP contribution is 1.83. The minimum atomic E-state index is -1.19. The number of hydrogen-bond acceptors (Lipinski definition) is 4. The van der Waals surface area contributed by atoms with Crippen LogP contribution in [0.2, 0.25) is 0 Å². The molecule has 0 aliphatic carbocycles. The summed E-state index contributed by atoms with van der Waals surface area (Å²) in [6.07, 6.45) is 2.02. The zero-order chi connectivity index (χ0) is 8.85. The average Bonchev–Trinajstić information content (AvgIpc) is 1.99. The lowest BCUT2D eigenvalue weighted by Crippen LogP contribution is -2.27. The Bertz CT molecular complexity index is 187. The summed E-state index contributed by atoms with van der Waals surface area (Å²) in [5, 5.41) is 8.24. The van der Waals surface area contributed by atoms with Gasteiger partial charge in [-0.2, -0.15) is 0 Å². The van der Waals surface area contributed by atoms with E-state index in [1.807, 2.05) is 0 Å². The Kier molecular flexibility index (Phi) is 3.90. The van der Waals surface area contributed by atoms with Gasteiger partial charge in [0.05, 0.1) is 7.11 Å². The fourth-order valence-electron chi connectivity index (χ4n) is 0.333. The molecule has 1 atom stereocenters. The lowest BCUT2D eigenvalue weighted by atomic mass is 10.3. The number of aliphatic carboxylic acids is 1. The zero-order valence-corrected chi connectivity index (χ0v) is 5.98. The van der Waals surface area contributed by atoms with Crippen LogP contribution < -0.4 is 5.73 Å². The van der Waals surface area contributed by atoms with E-state index in [1.165, 1.54) is 7.11 Å². The number of carboxylic acids is 1. The molecule has 1 unspecified atom stereocenters. The summed E-state index contributed by atoms with van der Waals surface area (Å²) < 4.78 is 4.21. The first-order valence-corrected chi connectivity index (χ1v) is 2.82. The third-order valence-corrected chi connectivity index (χ3v) is 0.926. The predicted octanol–water partition coefficient (Wildman–Crippen LogP) is -0.872. The number of esters is 1. The molecule has 0 fully saturated rings. The average molecular weight is 159 g/mol. The van der Waals surface area contributed by atoms with Gasteiger partial charge >= 0.3 is 11.9 Å². The van der Waals surface area contributed by atoms with E-state index in [9.17, 15) is 9.59 Å². The van der Waals surface area contributed by atoms with Gasteiger partial charge in [0.15, 0.2) is 0 Å². The fourth-order valence-corrected chi connectivity index (χ4v) is 0.333. The normalized spacial score (nSPS) is 12.9. The summed E-state index contributed by atoms with van der Waals surface area (Å²) in [4.78, 5) is 20.5. The zero-order valence-electron chi connectivity index (χ0n) is 5.98. The maximum Gasteiger partial charge on any atom is 0.330 e. The molecular formula is C6H9NO4. The second kappa shape index (κ2) is 4.45. The lowest BCUT2D eigenvalue weighted by Gasteiger charge is -1.96. The Morgan fingerprint density at radius 1 is 1.64 bits per heavy atom. The highest BCUT2D eigenvalue weighted by molar-refractivity contribution is 5.84. The Balaban J connectivity index is 3.92. The molecule has 0 aromatic rings. The van der Waals surface area contributed by atoms with Gasteiger partial charge in [-0.25, -0.2) is 4.79 Å². The number of ether oxygens (including phenoxy) is 1. The molecule has 0 rings (SSSR count). The van der Waals surface area contributed by atoms with Gasteiger partial charge in [0.25, 0.3) is 0 Å². The molecular weight excluding hydrogens is 150 g/mol. The number of rotatable bonds is 3. The molecule has 0 aromatic carbocycles. The van der Waals surface area contributed by atoms with Crippen molar-refractivity contribution >= 4 is 11.9 Å². The first kappa shape index (κ1) is 9.64. The van der Waals surface area contributed by atoms with Crippen molar-refractivity contribution in [2.24, 2.45) is 5.73 Å². The SMILES string of the molecule is COC(=O)/C=C/C(N)C(=O)O. The van der Waals surface area contributed by atoms with Gasteiger partial charge in [-0.15, -0.1) is 0 Å². The number of carboxylic acid groups (broad SMARTS) is 1. The first-order valence-electron chi connectivity index (χ1n) is 2.82. The van der Waals surface area contributed by atoms with E-state index in [1.54, 1.807) is 0 Å². The second-order valence-corrected chi connectivity index (χ2v) is 1.75. The first-order chi connectivity index (χ1) is 5.07. The third kappa shape index (κ3) is 4.10. The number of carbonyl (C=O) groups excluding carboxylic acids is 1. The summed E-state index contributed by atoms with van der Waals surface area (Å²) in [7, 11) is 1.19. The van der Waals surface area contributed by atoms with Crippen molar-refractivity contribution in [3.05, 3.63) is 12.2 Å². The van der Waals surface area contributed by atoms with Crippen molar-refractivity contribution in [3.63, 3.8) is 0 Å². The summed E-state index contributed by atoms with van der Waals surface area (Å²) in [5.41, 5.74) is 5.03. The summed E-state index contributed by atoms with van der Waals surface area (Å²) in [6.45, 7) is 0. The van der Waals surface area contributed by atoms with Crippen LogP contribution >= 0.6 is 0 Å². The van der Waals surface area contributed by atoms with Gasteiger partial charge in [0, 0.05) is 6.08 Å². The van der Waals surface area contributed by atoms with Crippen LogP contribution in [0.25, 0.3) is 0 Å². The van der Waals surface area contributed by atoms with Gasteiger partial charge in [0.2, 0.25) is 0 Å². The van der Waals surface area contributed by atoms with Gasteiger partial charge in [-0.1, -0.05) is 0 Å². The molecule has 0 saturated carbocycles. The predicted molar refractivity (Wildman–Crippen MR) is 36.8 cm³/mol. The van der Waals surface area contributed by atoms with E-state index in [4.69, 9.17) is 10.8 Å². The molecule has 0 spiro atoms. The van der Waals surface area contributed by atoms with Crippen LogP contribution in [0.4, 0.5) is 0 Å². The molecule has 3 N–H and O–H groups in total. The van der Waals surface area contributed by atoms with E-state index >= 15 is 0 Å². The lowest BCUT2D eigenvalue weighted by molar-refractivity contribution is -0.137. The molecule has 0 radical (unpaired) electrons. The largest absolute Gasteiger partial charge is 0.480 e. The van der Waals surface area contributed by atoms with Crippen molar-refractivity contribution in [2.45, 2.75) is 6.04 Å². The maximum atomic E-state index is 10.4. The highest BCUT2D eigenvalue weighted by Gasteiger charge is 2.06. The molecule has 5 nitrogen and oxygen atoms in total. The molecule has 0 aliphatic heterocycles. The number of carbonyl (C=O) groups is 2. The monoisotopic (exact) mass is 159 g/mol. The van der Waals surface area contributed by atoms with Crippen molar-refractivity contribution < 1.29 is 19.4 Å². The van der Waals surface area contributed by atoms with Crippen LogP contribution in [0.5, 0.6) is 0 Å². The standard InChI is InChI=1S/C6H9NO4/c1-11-5(8)3-2-4(7)6(9)10/h2-4H,7H2,1H3,(H,9,10)/b3-2+. The smallest absolute Gasteiger partial charge is 0.330 e. The Morgan fingerprint density at radius 2 is 2.18 bits per heavy atom. The van der Waals surface area contributed by atoms with Crippen molar-refractivity contribution in [1.29, 1.82) is 0 Å². The Labute approximate surface area is 63.4 Å². The van der Waals surface area contributed by atoms with E-state index in [2.05, 4.69) is 4.74 Å². The van der Waals surface area contributed by atoms with Crippen LogP contribution in [0.15, 0.2) is 12.2 Å². The van der Waals surface area contributed by atoms with Gasteiger partial charge in [0.1, 0.15) is 6.04 Å². The van der Waals surface area contributed by atoms with Crippen LogP contribution in [0.3, 0.4) is 0 Å². The van der Waals surface area contributed by atoms with E-state index in [0.29, 0.717) is 0 Å². The number of hydrogen-bond donors (Lipinski definition) is 2. The molecule has 0 amide bonds. The number of nitrogens with two attached hydrogens (primary N) is 1. The van der Waals surface area contributed by atoms with E-state index in [-0.39, 0.29) is 0 Å². The molecule has 11 heavy (non-hydrogen) atoms. The summed E-state index contributed by atoms with van der Waals surface area (Å²) in [5.74, 6) is -1.81. The topological polar surface area (TPSA) is 89.6 Å². The van der Waals surface area contributed by atoms with Crippen molar-refractivity contribution in [1.82, 2.24) is 0 Å². The van der Waals surface area contributed by atoms with Crippen LogP contribution in [-0.4, -0.2) is 30.2 Å². The van der Waals surface area contributed by atoms with Crippen molar-refractivity contribution in [2.75, 3.05) is 7.11 Å². The number of methoxy groups -OCH3 is 1. The van der Waals surface area contributed by atoms with Crippen LogP contribution in [0.1, 0.15) is 0 Å². The molecule has 5 heteroatoms. The minimum Gasteiger partial charge on any atom is -0.480 e. The summed E-state index contributed by atoms with van der Waals surface area (Å²) >= 11 is 0. The van der Waals surface area contributed by atoms with E-state index < -0.39 is 18.0 Å². The minimum absolute atomic E-state index is 0.623. The molecule has 0 bridgehead atoms. The van der Waals surface area contributed by atoms with Crippen LogP contribution in [0, 0.1) is 0 Å². The van der Waals surface area contributed by atoms with Gasteiger partial charge in [-0.05, 0) is 6.08 Å². The van der Waals surface area contributed by atoms with E-state index in [0.717, 1.165) is 12.2 Å². The molecule has 0 heterocycles. The second-order valence-electron chi connectivity index (χ2n) is 1.75. The van der Waals surface area contributed by atoms with Crippen molar-refractivity contribution in [3.8, 4) is 0 Å². The third-order valence-electron chi connectivity index (χ3n) is 0.926. The molecule has 0 aromatic heterocycles. The quantitative estimate of drug-likeness (QED) is 0.412. The maximum absolute atomic E-state index is 10.4. The van der Waals surface area contributed by atoms with Gasteiger partial charge in [-0.3, -0.25) is 4.79 Å². The molecule has 0 aliphatic rings. The summed E-state index contributed by atoms with van der Waals surface area (Å²) in [6, 6.07) is -1.16. The Hall–Kier alpha value is -1.36. The van der Waals surface area contributed by atoms with Gasteiger partial charge < -0.3 is 15.6 Å². The fraction of sp³-hybridized carbons (Fsp3) is 0.333. The van der Waals surface area contributed by atoms with Crippen LogP contribution in [-0.2, 0) is 14.3 Å². The molecule has 62 valence electrons.